The molecular formula is C36H60O10. The molecule has 0 amide bonds. The third kappa shape index (κ3) is 10.9. The minimum atomic E-state index is -0.700. The van der Waals surface area contributed by atoms with Gasteiger partial charge in [0.25, 0.3) is 0 Å². The Kier molecular flexibility index (Phi) is 17.2. The number of hydrogen-bond acceptors (Lipinski definition) is 10. The highest BCUT2D eigenvalue weighted by atomic mass is 16.8. The van der Waals surface area contributed by atoms with Gasteiger partial charge < -0.3 is 47.4 Å². The number of unbranched alkanes of at least 4 members (excludes halogenated alkanes) is 4. The molecule has 0 saturated carbocycles. The molecule has 3 fully saturated rings. The summed E-state index contributed by atoms with van der Waals surface area (Å²) in [6.07, 6.45) is 4.02. The van der Waals surface area contributed by atoms with Crippen molar-refractivity contribution >= 4 is 0 Å². The van der Waals surface area contributed by atoms with Crippen LogP contribution in [0, 0.1) is 0 Å². The Balaban J connectivity index is 1.55. The standard InChI is InChI=1S/C36H60O10/c1-6-10-19-38-24-28-31(40-21-12-8-3)27(39-20-11-7-2)23-30(43-28)45-34-33(41-22-13-9-4)32-29(44-36(34)37-5)25-42-35(46-32)26-17-15-14-16-18-26/h14-18,27-36H,6-13,19-25H2,1-5H3/t27-,28?,29-,30+,31+,32?,33?,34?,35-,36+/m1/s1. The van der Waals surface area contributed by atoms with Crippen LogP contribution in [-0.2, 0) is 47.4 Å². The van der Waals surface area contributed by atoms with E-state index in [2.05, 4.69) is 27.7 Å². The Hall–Kier alpha value is -1.18. The van der Waals surface area contributed by atoms with E-state index >= 15 is 0 Å². The number of ether oxygens (including phenoxy) is 10. The van der Waals surface area contributed by atoms with Gasteiger partial charge in [0, 0.05) is 45.5 Å². The maximum absolute atomic E-state index is 6.83. The van der Waals surface area contributed by atoms with Gasteiger partial charge in [-0.1, -0.05) is 83.7 Å². The summed E-state index contributed by atoms with van der Waals surface area (Å²) in [6, 6.07) is 9.95. The Morgan fingerprint density at radius 2 is 1.37 bits per heavy atom. The fourth-order valence-electron chi connectivity index (χ4n) is 6.07. The normalized spacial score (nSPS) is 33.2. The maximum atomic E-state index is 6.83. The molecule has 46 heavy (non-hydrogen) atoms. The minimum Gasteiger partial charge on any atom is -0.379 e. The Bertz CT molecular complexity index is 921. The average molecular weight is 653 g/mol. The summed E-state index contributed by atoms with van der Waals surface area (Å²) >= 11 is 0. The van der Waals surface area contributed by atoms with E-state index in [1.54, 1.807) is 7.11 Å². The molecule has 10 atom stereocenters. The SMILES string of the molecule is CCCCOCC1O[C@@H](OC2C(OCCCC)C3O[C@H](c4ccccc4)OC[C@H]3O[C@@H]2OC)C[C@@H](OCCCC)[C@@H]1OCCCC. The molecule has 4 rings (SSSR count). The van der Waals surface area contributed by atoms with Gasteiger partial charge in [-0.15, -0.1) is 0 Å². The first kappa shape index (κ1) is 37.6. The minimum absolute atomic E-state index is 0.207. The summed E-state index contributed by atoms with van der Waals surface area (Å²) in [6.45, 7) is 11.9. The molecule has 4 unspecified atom stereocenters. The lowest BCUT2D eigenvalue weighted by atomic mass is 9.96. The van der Waals surface area contributed by atoms with Gasteiger partial charge in [-0.05, 0) is 25.7 Å². The van der Waals surface area contributed by atoms with Crippen molar-refractivity contribution < 1.29 is 47.4 Å². The van der Waals surface area contributed by atoms with E-state index in [-0.39, 0.29) is 24.4 Å². The van der Waals surface area contributed by atoms with E-state index in [0.717, 1.165) is 56.9 Å². The number of methoxy groups -OCH3 is 1. The van der Waals surface area contributed by atoms with Crippen molar-refractivity contribution in [1.82, 2.24) is 0 Å². The molecule has 1 aromatic carbocycles. The van der Waals surface area contributed by atoms with Crippen molar-refractivity contribution in [3.05, 3.63) is 35.9 Å². The first-order chi connectivity index (χ1) is 22.6. The molecule has 0 aliphatic carbocycles. The molecular weight excluding hydrogens is 592 g/mol. The van der Waals surface area contributed by atoms with Crippen molar-refractivity contribution in [3.8, 4) is 0 Å². The number of benzene rings is 1. The van der Waals surface area contributed by atoms with Crippen LogP contribution in [0.4, 0.5) is 0 Å². The number of fused-ring (bicyclic) bond motifs is 1. The molecule has 0 N–H and O–H groups in total. The molecule has 10 nitrogen and oxygen atoms in total. The maximum Gasteiger partial charge on any atom is 0.186 e. The predicted octanol–water partition coefficient (Wildman–Crippen LogP) is 6.34. The molecule has 3 heterocycles. The molecule has 0 aromatic heterocycles. The van der Waals surface area contributed by atoms with E-state index < -0.39 is 37.2 Å². The second kappa shape index (κ2) is 21.0. The van der Waals surface area contributed by atoms with Crippen molar-refractivity contribution in [2.24, 2.45) is 0 Å². The van der Waals surface area contributed by atoms with Gasteiger partial charge in [-0.3, -0.25) is 0 Å². The molecule has 264 valence electrons. The lowest BCUT2D eigenvalue weighted by Crippen LogP contribution is -2.65. The second-order valence-electron chi connectivity index (χ2n) is 12.5. The molecule has 0 spiro atoms. The monoisotopic (exact) mass is 652 g/mol. The zero-order chi connectivity index (χ0) is 32.6. The van der Waals surface area contributed by atoms with E-state index in [1.165, 1.54) is 0 Å². The summed E-state index contributed by atoms with van der Waals surface area (Å²) in [5, 5.41) is 0. The van der Waals surface area contributed by atoms with E-state index in [1.807, 2.05) is 30.3 Å². The van der Waals surface area contributed by atoms with Gasteiger partial charge >= 0.3 is 0 Å². The predicted molar refractivity (Wildman–Crippen MR) is 173 cm³/mol. The van der Waals surface area contributed by atoms with Gasteiger partial charge in [-0.2, -0.15) is 0 Å². The van der Waals surface area contributed by atoms with Crippen LogP contribution in [0.3, 0.4) is 0 Å². The third-order valence-electron chi connectivity index (χ3n) is 8.75. The molecule has 0 radical (unpaired) electrons. The van der Waals surface area contributed by atoms with Crippen molar-refractivity contribution in [1.29, 1.82) is 0 Å². The van der Waals surface area contributed by atoms with Gasteiger partial charge in [0.05, 0.1) is 19.3 Å². The largest absolute Gasteiger partial charge is 0.379 e. The smallest absolute Gasteiger partial charge is 0.186 e. The average Bonchev–Trinajstić information content (AvgIpc) is 3.08. The summed E-state index contributed by atoms with van der Waals surface area (Å²) in [7, 11) is 1.63. The summed E-state index contributed by atoms with van der Waals surface area (Å²) in [5.74, 6) is 0. The van der Waals surface area contributed by atoms with Crippen molar-refractivity contribution in [2.75, 3.05) is 46.8 Å². The fraction of sp³-hybridized carbons (Fsp3) is 0.833. The van der Waals surface area contributed by atoms with Crippen LogP contribution in [0.25, 0.3) is 0 Å². The highest BCUT2D eigenvalue weighted by Gasteiger charge is 2.53. The summed E-state index contributed by atoms with van der Waals surface area (Å²) in [5.41, 5.74) is 0.947. The summed E-state index contributed by atoms with van der Waals surface area (Å²) < 4.78 is 64.0. The van der Waals surface area contributed by atoms with Crippen LogP contribution in [-0.4, -0.2) is 102 Å². The van der Waals surface area contributed by atoms with Gasteiger partial charge in [0.2, 0.25) is 0 Å². The van der Waals surface area contributed by atoms with Crippen LogP contribution in [0.15, 0.2) is 30.3 Å². The van der Waals surface area contributed by atoms with E-state index in [4.69, 9.17) is 47.4 Å². The quantitative estimate of drug-likeness (QED) is 0.140. The van der Waals surface area contributed by atoms with Crippen LogP contribution < -0.4 is 0 Å². The van der Waals surface area contributed by atoms with Crippen molar-refractivity contribution in [3.63, 3.8) is 0 Å². The zero-order valence-electron chi connectivity index (χ0n) is 28.8. The Morgan fingerprint density at radius 3 is 2.04 bits per heavy atom. The molecule has 3 saturated heterocycles. The van der Waals surface area contributed by atoms with Crippen molar-refractivity contribution in [2.45, 2.75) is 147 Å². The zero-order valence-corrected chi connectivity index (χ0v) is 28.8. The summed E-state index contributed by atoms with van der Waals surface area (Å²) in [4.78, 5) is 0. The topological polar surface area (TPSA) is 92.3 Å². The van der Waals surface area contributed by atoms with E-state index in [0.29, 0.717) is 46.1 Å². The van der Waals surface area contributed by atoms with Crippen LogP contribution in [0.5, 0.6) is 0 Å². The van der Waals surface area contributed by atoms with Gasteiger partial charge in [0.15, 0.2) is 18.9 Å². The van der Waals surface area contributed by atoms with Crippen LogP contribution in [0.1, 0.15) is 97.3 Å². The van der Waals surface area contributed by atoms with Crippen LogP contribution >= 0.6 is 0 Å². The highest BCUT2D eigenvalue weighted by Crippen LogP contribution is 2.38. The first-order valence-corrected chi connectivity index (χ1v) is 17.9. The lowest BCUT2D eigenvalue weighted by Gasteiger charge is -2.50. The third-order valence-corrected chi connectivity index (χ3v) is 8.75. The molecule has 3 aliphatic heterocycles. The lowest BCUT2D eigenvalue weighted by molar-refractivity contribution is -0.387. The highest BCUT2D eigenvalue weighted by molar-refractivity contribution is 5.16. The molecule has 0 bridgehead atoms. The Labute approximate surface area is 276 Å². The second-order valence-corrected chi connectivity index (χ2v) is 12.5. The first-order valence-electron chi connectivity index (χ1n) is 17.9. The Morgan fingerprint density at radius 1 is 0.717 bits per heavy atom. The number of rotatable bonds is 21. The van der Waals surface area contributed by atoms with Crippen LogP contribution in [0.2, 0.25) is 0 Å². The van der Waals surface area contributed by atoms with Gasteiger partial charge in [-0.25, -0.2) is 0 Å². The fourth-order valence-corrected chi connectivity index (χ4v) is 6.07. The van der Waals surface area contributed by atoms with Gasteiger partial charge in [0.1, 0.15) is 36.6 Å². The molecule has 10 heteroatoms. The molecule has 1 aromatic rings. The molecule has 3 aliphatic rings. The van der Waals surface area contributed by atoms with E-state index in [9.17, 15) is 0 Å². The number of hydrogen-bond donors (Lipinski definition) is 0.